The van der Waals surface area contributed by atoms with Gasteiger partial charge in [0, 0.05) is 0 Å². The SMILES string of the molecule is CSCC(C)CC(C)(C)C(C)CC(C)C. The maximum absolute atomic E-state index is 2.44. The van der Waals surface area contributed by atoms with Crippen molar-refractivity contribution in [2.75, 3.05) is 12.0 Å². The predicted octanol–water partition coefficient (Wildman–Crippen LogP) is 5.08. The summed E-state index contributed by atoms with van der Waals surface area (Å²) in [5.74, 6) is 3.82. The van der Waals surface area contributed by atoms with Crippen LogP contribution in [-0.2, 0) is 0 Å². The first-order chi connectivity index (χ1) is 6.79. The van der Waals surface area contributed by atoms with E-state index in [0.29, 0.717) is 5.41 Å². The third-order valence-electron chi connectivity index (χ3n) is 3.48. The lowest BCUT2D eigenvalue weighted by molar-refractivity contribution is 0.162. The highest BCUT2D eigenvalue weighted by atomic mass is 32.2. The molecule has 0 heterocycles. The Kier molecular flexibility index (Phi) is 6.99. The van der Waals surface area contributed by atoms with Gasteiger partial charge in [0.2, 0.25) is 0 Å². The second-order valence-corrected chi connectivity index (χ2v) is 7.19. The minimum Gasteiger partial charge on any atom is -0.165 e. The molecule has 1 heteroatoms. The molecule has 0 aliphatic carbocycles. The minimum absolute atomic E-state index is 0.499. The molecule has 92 valence electrons. The van der Waals surface area contributed by atoms with E-state index in [1.54, 1.807) is 0 Å². The standard InChI is InChI=1S/C14H30S/c1-11(2)8-13(4)14(5,6)9-12(3)10-15-7/h11-13H,8-10H2,1-7H3. The van der Waals surface area contributed by atoms with Gasteiger partial charge < -0.3 is 0 Å². The van der Waals surface area contributed by atoms with Crippen molar-refractivity contribution in [2.24, 2.45) is 23.2 Å². The Morgan fingerprint density at radius 1 is 1.07 bits per heavy atom. The van der Waals surface area contributed by atoms with E-state index in [1.165, 1.54) is 18.6 Å². The van der Waals surface area contributed by atoms with Crippen molar-refractivity contribution in [3.8, 4) is 0 Å². The van der Waals surface area contributed by atoms with Crippen molar-refractivity contribution in [2.45, 2.75) is 54.4 Å². The van der Waals surface area contributed by atoms with E-state index in [0.717, 1.165) is 17.8 Å². The van der Waals surface area contributed by atoms with Crippen LogP contribution in [0.25, 0.3) is 0 Å². The van der Waals surface area contributed by atoms with Gasteiger partial charge in [0.25, 0.3) is 0 Å². The zero-order valence-corrected chi connectivity index (χ0v) is 12.6. The average molecular weight is 230 g/mol. The van der Waals surface area contributed by atoms with Crippen LogP contribution < -0.4 is 0 Å². The smallest absolute Gasteiger partial charge is 0.00443 e. The van der Waals surface area contributed by atoms with Gasteiger partial charge in [0.05, 0.1) is 0 Å². The highest BCUT2D eigenvalue weighted by molar-refractivity contribution is 7.98. The third kappa shape index (κ3) is 6.50. The summed E-state index contributed by atoms with van der Waals surface area (Å²) < 4.78 is 0. The molecule has 15 heavy (non-hydrogen) atoms. The fourth-order valence-corrected chi connectivity index (χ4v) is 3.16. The molecular formula is C14H30S. The molecule has 0 amide bonds. The summed E-state index contributed by atoms with van der Waals surface area (Å²) in [7, 11) is 0. The van der Waals surface area contributed by atoms with Crippen LogP contribution in [-0.4, -0.2) is 12.0 Å². The van der Waals surface area contributed by atoms with E-state index >= 15 is 0 Å². The molecular weight excluding hydrogens is 200 g/mol. The van der Waals surface area contributed by atoms with Gasteiger partial charge in [-0.2, -0.15) is 11.8 Å². The Morgan fingerprint density at radius 2 is 1.60 bits per heavy atom. The van der Waals surface area contributed by atoms with Gasteiger partial charge in [-0.25, -0.2) is 0 Å². The molecule has 2 unspecified atom stereocenters. The van der Waals surface area contributed by atoms with Crippen molar-refractivity contribution >= 4 is 11.8 Å². The molecule has 0 bridgehead atoms. The first-order valence-electron chi connectivity index (χ1n) is 6.28. The molecule has 2 atom stereocenters. The van der Waals surface area contributed by atoms with Crippen LogP contribution in [0.2, 0.25) is 0 Å². The predicted molar refractivity (Wildman–Crippen MR) is 74.6 cm³/mol. The van der Waals surface area contributed by atoms with Gasteiger partial charge >= 0.3 is 0 Å². The number of hydrogen-bond donors (Lipinski definition) is 0. The molecule has 0 aromatic heterocycles. The van der Waals surface area contributed by atoms with E-state index in [9.17, 15) is 0 Å². The van der Waals surface area contributed by atoms with Crippen molar-refractivity contribution in [1.82, 2.24) is 0 Å². The van der Waals surface area contributed by atoms with E-state index in [4.69, 9.17) is 0 Å². The van der Waals surface area contributed by atoms with E-state index in [1.807, 2.05) is 11.8 Å². The highest BCUT2D eigenvalue weighted by Crippen LogP contribution is 2.37. The molecule has 0 rings (SSSR count). The van der Waals surface area contributed by atoms with Crippen LogP contribution in [0.4, 0.5) is 0 Å². The Bertz CT molecular complexity index is 161. The van der Waals surface area contributed by atoms with Gasteiger partial charge in [0.15, 0.2) is 0 Å². The Balaban J connectivity index is 4.14. The highest BCUT2D eigenvalue weighted by Gasteiger charge is 2.27. The van der Waals surface area contributed by atoms with Crippen LogP contribution in [0.5, 0.6) is 0 Å². The molecule has 0 aliphatic heterocycles. The molecule has 0 fully saturated rings. The van der Waals surface area contributed by atoms with Crippen molar-refractivity contribution in [1.29, 1.82) is 0 Å². The first kappa shape index (κ1) is 15.3. The van der Waals surface area contributed by atoms with E-state index < -0.39 is 0 Å². The molecule has 0 N–H and O–H groups in total. The van der Waals surface area contributed by atoms with E-state index in [-0.39, 0.29) is 0 Å². The molecule has 0 aromatic rings. The number of thioether (sulfide) groups is 1. The van der Waals surface area contributed by atoms with Gasteiger partial charge in [-0.15, -0.1) is 0 Å². The lowest BCUT2D eigenvalue weighted by atomic mass is 9.71. The summed E-state index contributed by atoms with van der Waals surface area (Å²) in [4.78, 5) is 0. The van der Waals surface area contributed by atoms with Crippen LogP contribution in [0.1, 0.15) is 54.4 Å². The fraction of sp³-hybridized carbons (Fsp3) is 1.00. The lowest BCUT2D eigenvalue weighted by Crippen LogP contribution is -2.26. The van der Waals surface area contributed by atoms with Crippen LogP contribution in [0, 0.1) is 23.2 Å². The summed E-state index contributed by atoms with van der Waals surface area (Å²) in [6.45, 7) is 14.4. The molecule has 0 saturated carbocycles. The Labute approximate surface area is 102 Å². The van der Waals surface area contributed by atoms with Gasteiger partial charge in [-0.3, -0.25) is 0 Å². The zero-order chi connectivity index (χ0) is 12.1. The monoisotopic (exact) mass is 230 g/mol. The summed E-state index contributed by atoms with van der Waals surface area (Å²) in [6, 6.07) is 0. The van der Waals surface area contributed by atoms with Crippen molar-refractivity contribution in [3.05, 3.63) is 0 Å². The lowest BCUT2D eigenvalue weighted by Gasteiger charge is -2.35. The maximum atomic E-state index is 2.44. The molecule has 0 aliphatic rings. The fourth-order valence-electron chi connectivity index (χ4n) is 2.47. The quantitative estimate of drug-likeness (QED) is 0.587. The van der Waals surface area contributed by atoms with Crippen molar-refractivity contribution in [3.63, 3.8) is 0 Å². The van der Waals surface area contributed by atoms with Gasteiger partial charge in [-0.05, 0) is 48.0 Å². The molecule has 0 radical (unpaired) electrons. The normalized spacial score (nSPS) is 16.8. The summed E-state index contributed by atoms with van der Waals surface area (Å²) >= 11 is 1.98. The second kappa shape index (κ2) is 6.83. The molecule has 0 saturated heterocycles. The summed E-state index contributed by atoms with van der Waals surface area (Å²) in [5.41, 5.74) is 0.499. The second-order valence-electron chi connectivity index (χ2n) is 6.28. The molecule has 0 nitrogen and oxygen atoms in total. The van der Waals surface area contributed by atoms with Gasteiger partial charge in [-0.1, -0.05) is 41.5 Å². The molecule has 0 aromatic carbocycles. The Morgan fingerprint density at radius 3 is 2.00 bits per heavy atom. The topological polar surface area (TPSA) is 0 Å². The Hall–Kier alpha value is 0.350. The maximum Gasteiger partial charge on any atom is -0.00443 e. The molecule has 0 spiro atoms. The largest absolute Gasteiger partial charge is 0.165 e. The number of hydrogen-bond acceptors (Lipinski definition) is 1. The number of rotatable bonds is 7. The first-order valence-corrected chi connectivity index (χ1v) is 7.68. The summed E-state index contributed by atoms with van der Waals surface area (Å²) in [5, 5.41) is 0. The third-order valence-corrected chi connectivity index (χ3v) is 4.39. The minimum atomic E-state index is 0.499. The van der Waals surface area contributed by atoms with E-state index in [2.05, 4.69) is 47.8 Å². The van der Waals surface area contributed by atoms with Gasteiger partial charge in [0.1, 0.15) is 0 Å². The average Bonchev–Trinajstić information content (AvgIpc) is 2.01. The summed E-state index contributed by atoms with van der Waals surface area (Å²) in [6.07, 6.45) is 4.93. The van der Waals surface area contributed by atoms with Crippen LogP contribution in [0.3, 0.4) is 0 Å². The van der Waals surface area contributed by atoms with Crippen LogP contribution in [0.15, 0.2) is 0 Å². The van der Waals surface area contributed by atoms with Crippen LogP contribution >= 0.6 is 11.8 Å². The zero-order valence-electron chi connectivity index (χ0n) is 11.8. The van der Waals surface area contributed by atoms with Crippen molar-refractivity contribution < 1.29 is 0 Å².